The summed E-state index contributed by atoms with van der Waals surface area (Å²) in [5.41, 5.74) is 0. The summed E-state index contributed by atoms with van der Waals surface area (Å²) in [7, 11) is -3.28. The Labute approximate surface area is 85.8 Å². The number of carbonyl (C=O) groups excluding carboxylic acids is 1. The van der Waals surface area contributed by atoms with Crippen LogP contribution in [0, 0.1) is 0 Å². The lowest BCUT2D eigenvalue weighted by molar-refractivity contribution is -0.110. The third-order valence-electron chi connectivity index (χ3n) is 3.10. The monoisotopic (exact) mass is 218 g/mol. The van der Waals surface area contributed by atoms with Crippen molar-refractivity contribution in [1.29, 1.82) is 0 Å². The molecule has 0 atom stereocenters. The van der Waals surface area contributed by atoms with Gasteiger partial charge in [0.25, 0.3) is 0 Å². The molecular weight excluding hydrogens is 200 g/mol. The maximum atomic E-state index is 12.0. The van der Waals surface area contributed by atoms with Crippen molar-refractivity contribution in [3.8, 4) is 0 Å². The van der Waals surface area contributed by atoms with E-state index in [0.29, 0.717) is 19.1 Å². The molecule has 1 saturated carbocycles. The van der Waals surface area contributed by atoms with Gasteiger partial charge in [-0.1, -0.05) is 19.3 Å². The summed E-state index contributed by atoms with van der Waals surface area (Å²) in [5, 5.41) is -0.453. The van der Waals surface area contributed by atoms with Gasteiger partial charge in [-0.2, -0.15) is 0 Å². The Morgan fingerprint density at radius 2 is 1.64 bits per heavy atom. The minimum Gasteiger partial charge on any atom is -0.302 e. The number of sulfone groups is 1. The smallest absolute Gasteiger partial charge is 0.165 e. The van der Waals surface area contributed by atoms with Crippen LogP contribution in [-0.4, -0.2) is 24.7 Å². The molecule has 14 heavy (non-hydrogen) atoms. The van der Waals surface area contributed by atoms with Crippen molar-refractivity contribution in [2.75, 3.05) is 0 Å². The molecule has 0 saturated heterocycles. The van der Waals surface area contributed by atoms with E-state index in [1.165, 1.54) is 0 Å². The highest BCUT2D eigenvalue weighted by Crippen LogP contribution is 2.35. The summed E-state index contributed by atoms with van der Waals surface area (Å²) in [6.07, 6.45) is 4.44. The molecule has 1 rings (SSSR count). The van der Waals surface area contributed by atoms with Crippen LogP contribution in [0.25, 0.3) is 0 Å². The fourth-order valence-electron chi connectivity index (χ4n) is 2.09. The Kier molecular flexibility index (Phi) is 3.35. The summed E-state index contributed by atoms with van der Waals surface area (Å²) in [6.45, 7) is 3.30. The predicted molar refractivity (Wildman–Crippen MR) is 55.9 cm³/mol. The maximum absolute atomic E-state index is 12.0. The van der Waals surface area contributed by atoms with E-state index in [4.69, 9.17) is 0 Å². The molecule has 1 fully saturated rings. The second-order valence-corrected chi connectivity index (χ2v) is 7.18. The molecule has 4 heteroatoms. The van der Waals surface area contributed by atoms with Crippen LogP contribution < -0.4 is 0 Å². The van der Waals surface area contributed by atoms with Gasteiger partial charge in [-0.25, -0.2) is 8.42 Å². The van der Waals surface area contributed by atoms with Gasteiger partial charge >= 0.3 is 0 Å². The van der Waals surface area contributed by atoms with Crippen molar-refractivity contribution < 1.29 is 13.2 Å². The zero-order valence-electron chi connectivity index (χ0n) is 8.82. The molecule has 0 unspecified atom stereocenters. The van der Waals surface area contributed by atoms with Crippen LogP contribution >= 0.6 is 0 Å². The predicted octanol–water partition coefficient (Wildman–Crippen LogP) is 1.71. The van der Waals surface area contributed by atoms with Crippen molar-refractivity contribution in [3.63, 3.8) is 0 Å². The molecular formula is C10H18O3S. The average Bonchev–Trinajstić information content (AvgIpc) is 2.18. The first-order valence-corrected chi connectivity index (χ1v) is 6.71. The Morgan fingerprint density at radius 3 is 2.00 bits per heavy atom. The highest BCUT2D eigenvalue weighted by molar-refractivity contribution is 7.94. The first kappa shape index (κ1) is 11.7. The second-order valence-electron chi connectivity index (χ2n) is 4.34. The van der Waals surface area contributed by atoms with Crippen molar-refractivity contribution in [2.45, 2.75) is 55.9 Å². The summed E-state index contributed by atoms with van der Waals surface area (Å²) in [6, 6.07) is 0. The van der Waals surface area contributed by atoms with Gasteiger partial charge in [0, 0.05) is 0 Å². The van der Waals surface area contributed by atoms with E-state index in [2.05, 4.69) is 0 Å². The molecule has 3 nitrogen and oxygen atoms in total. The van der Waals surface area contributed by atoms with Gasteiger partial charge in [0.15, 0.2) is 9.84 Å². The number of hydrogen-bond acceptors (Lipinski definition) is 3. The van der Waals surface area contributed by atoms with Gasteiger partial charge in [0.05, 0.1) is 5.25 Å². The summed E-state index contributed by atoms with van der Waals surface area (Å²) >= 11 is 0. The van der Waals surface area contributed by atoms with Gasteiger partial charge in [-0.15, -0.1) is 0 Å². The maximum Gasteiger partial charge on any atom is 0.165 e. The topological polar surface area (TPSA) is 51.2 Å². The molecule has 0 bridgehead atoms. The van der Waals surface area contributed by atoms with Gasteiger partial charge in [-0.3, -0.25) is 0 Å². The number of carbonyl (C=O) groups is 1. The van der Waals surface area contributed by atoms with Gasteiger partial charge < -0.3 is 4.79 Å². The molecule has 1 aliphatic carbocycles. The molecule has 0 heterocycles. The van der Waals surface area contributed by atoms with Crippen LogP contribution in [0.5, 0.6) is 0 Å². The van der Waals surface area contributed by atoms with Crippen LogP contribution in [0.2, 0.25) is 0 Å². The van der Waals surface area contributed by atoms with Gasteiger partial charge in [-0.05, 0) is 26.7 Å². The van der Waals surface area contributed by atoms with Gasteiger partial charge in [0.2, 0.25) is 0 Å². The van der Waals surface area contributed by atoms with Gasteiger partial charge in [0.1, 0.15) is 11.0 Å². The van der Waals surface area contributed by atoms with Crippen molar-refractivity contribution >= 4 is 16.1 Å². The molecule has 1 aliphatic rings. The zero-order valence-corrected chi connectivity index (χ0v) is 9.64. The largest absolute Gasteiger partial charge is 0.302 e. The highest BCUT2D eigenvalue weighted by Gasteiger charge is 2.45. The van der Waals surface area contributed by atoms with Crippen molar-refractivity contribution in [2.24, 2.45) is 0 Å². The van der Waals surface area contributed by atoms with E-state index in [1.807, 2.05) is 0 Å². The molecule has 0 radical (unpaired) electrons. The molecule has 0 aromatic rings. The highest BCUT2D eigenvalue weighted by atomic mass is 32.2. The molecule has 82 valence electrons. The second kappa shape index (κ2) is 4.01. The molecule has 0 amide bonds. The Morgan fingerprint density at radius 1 is 1.14 bits per heavy atom. The van der Waals surface area contributed by atoms with E-state index in [1.54, 1.807) is 13.8 Å². The standard InChI is InChI=1S/C10H18O3S/c1-9(2)14(12,13)10(8-11)6-4-3-5-7-10/h8-9H,3-7H2,1-2H3. The first-order chi connectivity index (χ1) is 6.46. The molecule has 0 aromatic carbocycles. The summed E-state index contributed by atoms with van der Waals surface area (Å²) in [5.74, 6) is 0. The molecule has 0 aromatic heterocycles. The van der Waals surface area contributed by atoms with E-state index >= 15 is 0 Å². The average molecular weight is 218 g/mol. The number of hydrogen-bond donors (Lipinski definition) is 0. The fourth-order valence-corrected chi connectivity index (χ4v) is 4.02. The van der Waals surface area contributed by atoms with Crippen LogP contribution in [-0.2, 0) is 14.6 Å². The lowest BCUT2D eigenvalue weighted by Crippen LogP contribution is -2.45. The normalized spacial score (nSPS) is 22.2. The molecule has 0 N–H and O–H groups in total. The minimum absolute atomic E-state index is 0.453. The minimum atomic E-state index is -3.28. The van der Waals surface area contributed by atoms with Crippen LogP contribution in [0.1, 0.15) is 46.0 Å². The van der Waals surface area contributed by atoms with E-state index < -0.39 is 19.8 Å². The lowest BCUT2D eigenvalue weighted by atomic mass is 9.89. The van der Waals surface area contributed by atoms with Crippen LogP contribution in [0.15, 0.2) is 0 Å². The number of aldehydes is 1. The quantitative estimate of drug-likeness (QED) is 0.678. The Hall–Kier alpha value is -0.380. The van der Waals surface area contributed by atoms with E-state index in [-0.39, 0.29) is 0 Å². The Bertz CT molecular complexity index is 297. The number of rotatable bonds is 3. The third-order valence-corrected chi connectivity index (χ3v) is 5.98. The molecule has 0 spiro atoms. The zero-order chi connectivity index (χ0) is 10.8. The molecule has 0 aliphatic heterocycles. The first-order valence-electron chi connectivity index (χ1n) is 5.16. The van der Waals surface area contributed by atoms with Crippen LogP contribution in [0.3, 0.4) is 0 Å². The third kappa shape index (κ3) is 1.72. The summed E-state index contributed by atoms with van der Waals surface area (Å²) in [4.78, 5) is 11.1. The van der Waals surface area contributed by atoms with E-state index in [0.717, 1.165) is 19.3 Å². The van der Waals surface area contributed by atoms with Crippen LogP contribution in [0.4, 0.5) is 0 Å². The SMILES string of the molecule is CC(C)S(=O)(=O)C1(C=O)CCCCC1. The summed E-state index contributed by atoms with van der Waals surface area (Å²) < 4.78 is 22.9. The Balaban J connectivity index is 3.05. The van der Waals surface area contributed by atoms with Crippen molar-refractivity contribution in [1.82, 2.24) is 0 Å². The van der Waals surface area contributed by atoms with E-state index in [9.17, 15) is 13.2 Å². The lowest BCUT2D eigenvalue weighted by Gasteiger charge is -2.33. The fraction of sp³-hybridized carbons (Fsp3) is 0.900. The van der Waals surface area contributed by atoms with Crippen molar-refractivity contribution in [3.05, 3.63) is 0 Å².